The Hall–Kier alpha value is -1.32. The van der Waals surface area contributed by atoms with Gasteiger partial charge in [0.1, 0.15) is 5.15 Å². The molecule has 0 spiro atoms. The molecule has 1 aliphatic rings. The summed E-state index contributed by atoms with van der Waals surface area (Å²) in [7, 11) is 0. The average molecular weight is 277 g/mol. The molecule has 1 aromatic heterocycles. The molecule has 1 heterocycles. The van der Waals surface area contributed by atoms with Gasteiger partial charge in [-0.2, -0.15) is 5.10 Å². The highest BCUT2D eigenvalue weighted by Crippen LogP contribution is 2.42. The molecule has 1 N–H and O–H groups in total. The van der Waals surface area contributed by atoms with Crippen LogP contribution in [0.4, 0.5) is 0 Å². The van der Waals surface area contributed by atoms with E-state index in [4.69, 9.17) is 11.6 Å². The van der Waals surface area contributed by atoms with Gasteiger partial charge in [-0.3, -0.25) is 0 Å². The van der Waals surface area contributed by atoms with Crippen molar-refractivity contribution in [2.45, 2.75) is 38.8 Å². The zero-order chi connectivity index (χ0) is 13.4. The van der Waals surface area contributed by atoms with E-state index >= 15 is 0 Å². The maximum Gasteiger partial charge on any atom is 0.133 e. The largest absolute Gasteiger partial charge is 0.391 e. The second-order valence-corrected chi connectivity index (χ2v) is 5.59. The highest BCUT2D eigenvalue weighted by Gasteiger charge is 2.31. The summed E-state index contributed by atoms with van der Waals surface area (Å²) < 4.78 is 1.80. The van der Waals surface area contributed by atoms with Crippen LogP contribution >= 0.6 is 11.6 Å². The Morgan fingerprint density at radius 1 is 1.32 bits per heavy atom. The van der Waals surface area contributed by atoms with E-state index in [0.717, 1.165) is 24.1 Å². The number of rotatable bonds is 4. The van der Waals surface area contributed by atoms with Crippen LogP contribution in [0.2, 0.25) is 5.15 Å². The van der Waals surface area contributed by atoms with Gasteiger partial charge in [0, 0.05) is 11.5 Å². The highest BCUT2D eigenvalue weighted by molar-refractivity contribution is 6.30. The molecule has 3 rings (SSSR count). The average Bonchev–Trinajstić information content (AvgIpc) is 3.19. The van der Waals surface area contributed by atoms with E-state index in [1.165, 1.54) is 11.1 Å². The van der Waals surface area contributed by atoms with Crippen LogP contribution in [0.25, 0.3) is 0 Å². The van der Waals surface area contributed by atoms with Crippen LogP contribution < -0.4 is 0 Å². The van der Waals surface area contributed by atoms with Crippen LogP contribution in [0.15, 0.2) is 24.3 Å². The summed E-state index contributed by atoms with van der Waals surface area (Å²) in [6.07, 6.45) is 2.32. The van der Waals surface area contributed by atoms with Crippen LogP contribution in [0, 0.1) is 6.92 Å². The normalized spacial score (nSPS) is 14.9. The molecule has 0 saturated heterocycles. The fourth-order valence-corrected chi connectivity index (χ4v) is 2.55. The quantitative estimate of drug-likeness (QED) is 0.931. The lowest BCUT2D eigenvalue weighted by atomic mass is 10.1. The van der Waals surface area contributed by atoms with E-state index < -0.39 is 0 Å². The van der Waals surface area contributed by atoms with E-state index in [9.17, 15) is 5.11 Å². The van der Waals surface area contributed by atoms with Gasteiger partial charge in [-0.1, -0.05) is 41.4 Å². The number of halogens is 1. The van der Waals surface area contributed by atoms with E-state index in [1.807, 2.05) is 0 Å². The fourth-order valence-electron chi connectivity index (χ4n) is 2.30. The minimum atomic E-state index is -0.0292. The lowest BCUT2D eigenvalue weighted by Crippen LogP contribution is -2.02. The molecule has 0 radical (unpaired) electrons. The molecule has 0 atom stereocenters. The molecule has 1 saturated carbocycles. The van der Waals surface area contributed by atoms with Gasteiger partial charge >= 0.3 is 0 Å². The standard InChI is InChI=1S/C15H17ClN2O/c1-10-2-4-11(5-3-10)8-18-15(16)13(9-19)14(17-18)12-6-7-12/h2-5,12,19H,6-9H2,1H3. The molecule has 0 amide bonds. The molecule has 100 valence electrons. The molecule has 0 unspecified atom stereocenters. The van der Waals surface area contributed by atoms with Crippen LogP contribution in [0.3, 0.4) is 0 Å². The second-order valence-electron chi connectivity index (χ2n) is 5.23. The smallest absolute Gasteiger partial charge is 0.133 e. The Kier molecular flexibility index (Phi) is 3.33. The molecule has 19 heavy (non-hydrogen) atoms. The third kappa shape index (κ3) is 2.53. The number of hydrogen-bond acceptors (Lipinski definition) is 2. The van der Waals surface area contributed by atoms with Crippen molar-refractivity contribution in [2.75, 3.05) is 0 Å². The monoisotopic (exact) mass is 276 g/mol. The number of benzene rings is 1. The SMILES string of the molecule is Cc1ccc(Cn2nc(C3CC3)c(CO)c2Cl)cc1. The van der Waals surface area contributed by atoms with Gasteiger partial charge in [0.25, 0.3) is 0 Å². The molecule has 3 nitrogen and oxygen atoms in total. The van der Waals surface area contributed by atoms with Crippen molar-refractivity contribution in [1.29, 1.82) is 0 Å². The minimum absolute atomic E-state index is 0.0292. The van der Waals surface area contributed by atoms with Crippen LogP contribution in [0.5, 0.6) is 0 Å². The van der Waals surface area contributed by atoms with Crippen molar-refractivity contribution in [3.8, 4) is 0 Å². The molecular weight excluding hydrogens is 260 g/mol. The van der Waals surface area contributed by atoms with Gasteiger partial charge < -0.3 is 5.11 Å². The Balaban J connectivity index is 1.90. The maximum atomic E-state index is 9.45. The Labute approximate surface area is 117 Å². The fraction of sp³-hybridized carbons (Fsp3) is 0.400. The summed E-state index contributed by atoms with van der Waals surface area (Å²) in [6.45, 7) is 2.69. The first-order valence-electron chi connectivity index (χ1n) is 6.60. The third-order valence-corrected chi connectivity index (χ3v) is 4.01. The first kappa shape index (κ1) is 12.7. The number of aryl methyl sites for hydroxylation is 1. The number of hydrogen-bond donors (Lipinski definition) is 1. The zero-order valence-corrected chi connectivity index (χ0v) is 11.7. The zero-order valence-electron chi connectivity index (χ0n) is 10.9. The number of nitrogens with zero attached hydrogens (tertiary/aromatic N) is 2. The van der Waals surface area contributed by atoms with Crippen molar-refractivity contribution >= 4 is 11.6 Å². The van der Waals surface area contributed by atoms with E-state index in [2.05, 4.69) is 36.3 Å². The predicted molar refractivity (Wildman–Crippen MR) is 75.4 cm³/mol. The molecule has 0 aliphatic heterocycles. The van der Waals surface area contributed by atoms with Gasteiger partial charge in [0.15, 0.2) is 0 Å². The first-order chi connectivity index (χ1) is 9.19. The van der Waals surface area contributed by atoms with Crippen molar-refractivity contribution < 1.29 is 5.11 Å². The Morgan fingerprint density at radius 3 is 2.58 bits per heavy atom. The van der Waals surface area contributed by atoms with Crippen molar-refractivity contribution in [2.24, 2.45) is 0 Å². The van der Waals surface area contributed by atoms with Crippen molar-refractivity contribution in [1.82, 2.24) is 9.78 Å². The first-order valence-corrected chi connectivity index (χ1v) is 6.98. The van der Waals surface area contributed by atoms with Crippen LogP contribution in [-0.4, -0.2) is 14.9 Å². The van der Waals surface area contributed by atoms with Crippen molar-refractivity contribution in [3.05, 3.63) is 51.8 Å². The van der Waals surface area contributed by atoms with Gasteiger partial charge in [0.05, 0.1) is 18.8 Å². The summed E-state index contributed by atoms with van der Waals surface area (Å²) in [4.78, 5) is 0. The summed E-state index contributed by atoms with van der Waals surface area (Å²) >= 11 is 6.32. The topological polar surface area (TPSA) is 38.0 Å². The summed E-state index contributed by atoms with van der Waals surface area (Å²) in [5.41, 5.74) is 4.20. The second kappa shape index (κ2) is 4.99. The van der Waals surface area contributed by atoms with Gasteiger partial charge in [0.2, 0.25) is 0 Å². The number of aliphatic hydroxyl groups excluding tert-OH is 1. The summed E-state index contributed by atoms with van der Waals surface area (Å²) in [5, 5.41) is 14.6. The lowest BCUT2D eigenvalue weighted by Gasteiger charge is -2.04. The molecule has 2 aromatic rings. The van der Waals surface area contributed by atoms with Gasteiger partial charge in [-0.15, -0.1) is 0 Å². The van der Waals surface area contributed by atoms with Crippen LogP contribution in [-0.2, 0) is 13.2 Å². The summed E-state index contributed by atoms with van der Waals surface area (Å²) in [5.74, 6) is 0.499. The Bertz CT molecular complexity index is 585. The lowest BCUT2D eigenvalue weighted by molar-refractivity contribution is 0.280. The van der Waals surface area contributed by atoms with Crippen molar-refractivity contribution in [3.63, 3.8) is 0 Å². The van der Waals surface area contributed by atoms with E-state index in [1.54, 1.807) is 4.68 Å². The number of aromatic nitrogens is 2. The molecule has 1 aliphatic carbocycles. The molecule has 4 heteroatoms. The van der Waals surface area contributed by atoms with Crippen LogP contribution in [0.1, 0.15) is 41.1 Å². The van der Waals surface area contributed by atoms with Gasteiger partial charge in [-0.05, 0) is 25.3 Å². The molecule has 1 fully saturated rings. The minimum Gasteiger partial charge on any atom is -0.391 e. The summed E-state index contributed by atoms with van der Waals surface area (Å²) in [6, 6.07) is 8.34. The van der Waals surface area contributed by atoms with E-state index in [0.29, 0.717) is 17.6 Å². The molecule has 0 bridgehead atoms. The molecular formula is C15H17ClN2O. The predicted octanol–water partition coefficient (Wildman–Crippen LogP) is 3.26. The maximum absolute atomic E-state index is 9.45. The van der Waals surface area contributed by atoms with Gasteiger partial charge in [-0.25, -0.2) is 4.68 Å². The third-order valence-electron chi connectivity index (χ3n) is 3.59. The van der Waals surface area contributed by atoms with E-state index in [-0.39, 0.29) is 6.61 Å². The molecule has 1 aromatic carbocycles. The number of aliphatic hydroxyl groups is 1. The Morgan fingerprint density at radius 2 is 2.00 bits per heavy atom. The highest BCUT2D eigenvalue weighted by atomic mass is 35.5.